The molecule has 0 atom stereocenters. The van der Waals surface area contributed by atoms with Gasteiger partial charge in [-0.25, -0.2) is 4.39 Å². The van der Waals surface area contributed by atoms with E-state index in [1.54, 1.807) is 43.7 Å². The molecule has 0 spiro atoms. The summed E-state index contributed by atoms with van der Waals surface area (Å²) in [6, 6.07) is 6.37. The Morgan fingerprint density at radius 1 is 1.29 bits per heavy atom. The summed E-state index contributed by atoms with van der Waals surface area (Å²) in [5.74, 6) is -0.995. The summed E-state index contributed by atoms with van der Waals surface area (Å²) in [5, 5.41) is 22.1. The molecule has 2 aromatic heterocycles. The quantitative estimate of drug-likeness (QED) is 0.517. The van der Waals surface area contributed by atoms with Gasteiger partial charge in [-0.2, -0.15) is 10.2 Å². The van der Waals surface area contributed by atoms with E-state index in [0.29, 0.717) is 29.2 Å². The van der Waals surface area contributed by atoms with Crippen molar-refractivity contribution in [3.8, 4) is 0 Å². The zero-order valence-electron chi connectivity index (χ0n) is 15.6. The molecule has 9 nitrogen and oxygen atoms in total. The Morgan fingerprint density at radius 3 is 2.64 bits per heavy atom. The first-order chi connectivity index (χ1) is 13.3. The molecule has 0 bridgehead atoms. The topological polar surface area (TPSA) is 108 Å². The van der Waals surface area contributed by atoms with Gasteiger partial charge < -0.3 is 5.32 Å². The largest absolute Gasteiger partial charge is 0.320 e. The molecular formula is C18H19FN6O3. The maximum Gasteiger partial charge on any atom is 0.320 e. The van der Waals surface area contributed by atoms with Crippen molar-refractivity contribution in [3.63, 3.8) is 0 Å². The summed E-state index contributed by atoms with van der Waals surface area (Å²) in [6.07, 6.45) is 1.06. The number of carbonyl (C=O) groups is 1. The second kappa shape index (κ2) is 7.59. The van der Waals surface area contributed by atoms with Gasteiger partial charge in [-0.3, -0.25) is 24.3 Å². The van der Waals surface area contributed by atoms with Crippen LogP contribution < -0.4 is 5.32 Å². The van der Waals surface area contributed by atoms with Crippen LogP contribution >= 0.6 is 0 Å². The fourth-order valence-electron chi connectivity index (χ4n) is 2.97. The average molecular weight is 386 g/mol. The SMILES string of the molecule is CCn1ncc([N+](=O)[O-])c1C(=O)Nc1c(C)nn(Cc2ccccc2F)c1C. The van der Waals surface area contributed by atoms with E-state index in [9.17, 15) is 19.3 Å². The second-order valence-corrected chi connectivity index (χ2v) is 6.20. The molecule has 1 amide bonds. The Hall–Kier alpha value is -3.56. The molecule has 0 aliphatic carbocycles. The minimum atomic E-state index is -0.650. The van der Waals surface area contributed by atoms with E-state index in [4.69, 9.17) is 0 Å². The number of hydrogen-bond donors (Lipinski definition) is 1. The van der Waals surface area contributed by atoms with Crippen LogP contribution in [0.2, 0.25) is 0 Å². The van der Waals surface area contributed by atoms with Crippen molar-refractivity contribution in [1.29, 1.82) is 0 Å². The lowest BCUT2D eigenvalue weighted by Crippen LogP contribution is -2.19. The van der Waals surface area contributed by atoms with Gasteiger partial charge in [0.2, 0.25) is 5.69 Å². The second-order valence-electron chi connectivity index (χ2n) is 6.20. The van der Waals surface area contributed by atoms with E-state index < -0.39 is 10.8 Å². The Morgan fingerprint density at radius 2 is 2.00 bits per heavy atom. The Kier molecular flexibility index (Phi) is 5.21. The first-order valence-electron chi connectivity index (χ1n) is 8.62. The Labute approximate surface area is 159 Å². The molecule has 0 saturated heterocycles. The van der Waals surface area contributed by atoms with Gasteiger partial charge in [-0.05, 0) is 26.8 Å². The predicted octanol–water partition coefficient (Wildman–Crippen LogP) is 3.06. The average Bonchev–Trinajstić information content (AvgIpc) is 3.20. The van der Waals surface area contributed by atoms with Crippen molar-refractivity contribution in [2.45, 2.75) is 33.9 Å². The minimum absolute atomic E-state index is 0.131. The van der Waals surface area contributed by atoms with E-state index in [-0.39, 0.29) is 23.7 Å². The first-order valence-corrected chi connectivity index (χ1v) is 8.62. The summed E-state index contributed by atoms with van der Waals surface area (Å²) in [4.78, 5) is 23.3. The third-order valence-electron chi connectivity index (χ3n) is 4.43. The number of aromatic nitrogens is 4. The molecule has 2 heterocycles. The molecule has 10 heteroatoms. The van der Waals surface area contributed by atoms with Gasteiger partial charge in [0.25, 0.3) is 5.91 Å². The molecule has 1 aromatic carbocycles. The highest BCUT2D eigenvalue weighted by atomic mass is 19.1. The van der Waals surface area contributed by atoms with E-state index in [1.165, 1.54) is 10.7 Å². The third kappa shape index (κ3) is 3.48. The minimum Gasteiger partial charge on any atom is -0.317 e. The number of nitrogens with zero attached hydrogens (tertiary/aromatic N) is 5. The number of amides is 1. The number of nitrogens with one attached hydrogen (secondary N) is 1. The normalized spacial score (nSPS) is 10.9. The maximum atomic E-state index is 13.9. The summed E-state index contributed by atoms with van der Waals surface area (Å²) in [6.45, 7) is 5.67. The smallest absolute Gasteiger partial charge is 0.317 e. The molecule has 0 unspecified atom stereocenters. The molecule has 3 rings (SSSR count). The van der Waals surface area contributed by atoms with Crippen LogP contribution in [0.4, 0.5) is 15.8 Å². The van der Waals surface area contributed by atoms with Gasteiger partial charge in [-0.1, -0.05) is 18.2 Å². The lowest BCUT2D eigenvalue weighted by Gasteiger charge is -2.08. The number of anilines is 1. The van der Waals surface area contributed by atoms with Crippen molar-refractivity contribution in [2.24, 2.45) is 0 Å². The van der Waals surface area contributed by atoms with E-state index in [2.05, 4.69) is 15.5 Å². The highest BCUT2D eigenvalue weighted by Gasteiger charge is 2.27. The maximum absolute atomic E-state index is 13.9. The highest BCUT2D eigenvalue weighted by Crippen LogP contribution is 2.24. The Bertz CT molecular complexity index is 1060. The summed E-state index contributed by atoms with van der Waals surface area (Å²) in [7, 11) is 0. The van der Waals surface area contributed by atoms with Crippen molar-refractivity contribution in [1.82, 2.24) is 19.6 Å². The number of nitro groups is 1. The van der Waals surface area contributed by atoms with Gasteiger partial charge in [0.15, 0.2) is 0 Å². The van der Waals surface area contributed by atoms with Crippen LogP contribution in [0.1, 0.15) is 34.4 Å². The third-order valence-corrected chi connectivity index (χ3v) is 4.43. The number of carbonyl (C=O) groups excluding carboxylic acids is 1. The lowest BCUT2D eigenvalue weighted by atomic mass is 10.2. The lowest BCUT2D eigenvalue weighted by molar-refractivity contribution is -0.385. The van der Waals surface area contributed by atoms with Crippen LogP contribution in [0.15, 0.2) is 30.5 Å². The first kappa shape index (κ1) is 19.2. The van der Waals surface area contributed by atoms with Crippen LogP contribution in [0.5, 0.6) is 0 Å². The summed E-state index contributed by atoms with van der Waals surface area (Å²) in [5.41, 5.74) is 1.53. The molecule has 0 aliphatic heterocycles. The number of benzene rings is 1. The van der Waals surface area contributed by atoms with Gasteiger partial charge in [0, 0.05) is 12.1 Å². The van der Waals surface area contributed by atoms with Crippen molar-refractivity contribution in [3.05, 3.63) is 69.0 Å². The summed E-state index contributed by atoms with van der Waals surface area (Å²) < 4.78 is 16.8. The molecule has 3 aromatic rings. The van der Waals surface area contributed by atoms with Crippen molar-refractivity contribution in [2.75, 3.05) is 5.32 Å². The molecule has 0 aliphatic rings. The van der Waals surface area contributed by atoms with Crippen molar-refractivity contribution >= 4 is 17.3 Å². The molecule has 146 valence electrons. The van der Waals surface area contributed by atoms with Gasteiger partial charge >= 0.3 is 5.69 Å². The fourth-order valence-corrected chi connectivity index (χ4v) is 2.97. The monoisotopic (exact) mass is 386 g/mol. The van der Waals surface area contributed by atoms with Gasteiger partial charge in [0.05, 0.1) is 28.5 Å². The van der Waals surface area contributed by atoms with Crippen LogP contribution in [-0.4, -0.2) is 30.4 Å². The van der Waals surface area contributed by atoms with E-state index >= 15 is 0 Å². The van der Waals surface area contributed by atoms with Crippen LogP contribution in [0, 0.1) is 29.8 Å². The predicted molar refractivity (Wildman–Crippen MR) is 99.7 cm³/mol. The number of rotatable bonds is 6. The standard InChI is InChI=1S/C18H19FN6O3/c1-4-23-17(15(9-20-23)25(27)28)18(26)21-16-11(2)22-24(12(16)3)10-13-7-5-6-8-14(13)19/h5-9H,4,10H2,1-3H3,(H,21,26). The number of aryl methyl sites for hydroxylation is 2. The van der Waals surface area contributed by atoms with Gasteiger partial charge in [-0.15, -0.1) is 0 Å². The number of hydrogen-bond acceptors (Lipinski definition) is 5. The van der Waals surface area contributed by atoms with Crippen molar-refractivity contribution < 1.29 is 14.1 Å². The molecule has 0 fully saturated rings. The van der Waals surface area contributed by atoms with Crippen LogP contribution in [0.3, 0.4) is 0 Å². The van der Waals surface area contributed by atoms with E-state index in [1.807, 2.05) is 0 Å². The molecule has 0 radical (unpaired) electrons. The molecule has 0 saturated carbocycles. The zero-order chi connectivity index (χ0) is 20.4. The molecular weight excluding hydrogens is 367 g/mol. The highest BCUT2D eigenvalue weighted by molar-refractivity contribution is 6.06. The number of halogens is 1. The molecule has 1 N–H and O–H groups in total. The fraction of sp³-hybridized carbons (Fsp3) is 0.278. The molecule has 28 heavy (non-hydrogen) atoms. The zero-order valence-corrected chi connectivity index (χ0v) is 15.6. The van der Waals surface area contributed by atoms with Gasteiger partial charge in [0.1, 0.15) is 12.0 Å². The summed E-state index contributed by atoms with van der Waals surface area (Å²) >= 11 is 0. The van der Waals surface area contributed by atoms with Crippen LogP contribution in [-0.2, 0) is 13.1 Å². The van der Waals surface area contributed by atoms with Crippen LogP contribution in [0.25, 0.3) is 0 Å². The van der Waals surface area contributed by atoms with E-state index in [0.717, 1.165) is 6.20 Å². The Balaban J connectivity index is 1.91.